The van der Waals surface area contributed by atoms with Crippen LogP contribution in [0.1, 0.15) is 47.7 Å². The van der Waals surface area contributed by atoms with Gasteiger partial charge in [-0.25, -0.2) is 13.8 Å². The molecule has 5 nitrogen and oxygen atoms in total. The number of rotatable bonds is 4. The topological polar surface area (TPSA) is 75.1 Å². The number of pyridine rings is 2. The number of aliphatic hydroxyl groups is 1. The van der Waals surface area contributed by atoms with Crippen LogP contribution in [0.5, 0.6) is 0 Å². The SMILES string of the molecule is O=C(Nc1cnccc1[C@H]1CC[C@@H](O)CC1)c1ccc(F)c(-c2ccccc2F)n1. The lowest BCUT2D eigenvalue weighted by atomic mass is 9.82. The third-order valence-electron chi connectivity index (χ3n) is 5.45. The third kappa shape index (κ3) is 4.21. The van der Waals surface area contributed by atoms with Gasteiger partial charge in [-0.05, 0) is 67.5 Å². The highest BCUT2D eigenvalue weighted by molar-refractivity contribution is 6.03. The molecule has 0 radical (unpaired) electrons. The van der Waals surface area contributed by atoms with Gasteiger partial charge < -0.3 is 10.4 Å². The fourth-order valence-corrected chi connectivity index (χ4v) is 3.85. The predicted octanol–water partition coefficient (Wildman–Crippen LogP) is 4.69. The Bertz CT molecular complexity index is 1070. The van der Waals surface area contributed by atoms with Crippen LogP contribution in [0.4, 0.5) is 14.5 Å². The minimum Gasteiger partial charge on any atom is -0.393 e. The van der Waals surface area contributed by atoms with E-state index in [0.717, 1.165) is 24.5 Å². The van der Waals surface area contributed by atoms with Crippen LogP contribution in [-0.2, 0) is 0 Å². The molecule has 0 spiro atoms. The lowest BCUT2D eigenvalue weighted by Crippen LogP contribution is -2.20. The molecule has 2 heterocycles. The molecule has 1 aliphatic rings. The smallest absolute Gasteiger partial charge is 0.274 e. The van der Waals surface area contributed by atoms with Crippen molar-refractivity contribution in [1.82, 2.24) is 9.97 Å². The summed E-state index contributed by atoms with van der Waals surface area (Å²) in [5, 5.41) is 12.6. The number of hydrogen-bond donors (Lipinski definition) is 2. The summed E-state index contributed by atoms with van der Waals surface area (Å²) >= 11 is 0. The molecule has 0 unspecified atom stereocenters. The first-order valence-electron chi connectivity index (χ1n) is 9.87. The highest BCUT2D eigenvalue weighted by Gasteiger charge is 2.24. The van der Waals surface area contributed by atoms with Crippen LogP contribution in [0.3, 0.4) is 0 Å². The summed E-state index contributed by atoms with van der Waals surface area (Å²) in [6.07, 6.45) is 6.03. The predicted molar refractivity (Wildman–Crippen MR) is 109 cm³/mol. The van der Waals surface area contributed by atoms with E-state index in [0.29, 0.717) is 18.5 Å². The fraction of sp³-hybridized carbons (Fsp3) is 0.261. The van der Waals surface area contributed by atoms with Crippen molar-refractivity contribution in [3.05, 3.63) is 77.8 Å². The molecule has 1 saturated carbocycles. The van der Waals surface area contributed by atoms with Gasteiger partial charge in [0.1, 0.15) is 23.0 Å². The Morgan fingerprint density at radius 1 is 1.00 bits per heavy atom. The Kier molecular flexibility index (Phi) is 5.81. The molecule has 1 aliphatic carbocycles. The third-order valence-corrected chi connectivity index (χ3v) is 5.45. The monoisotopic (exact) mass is 409 g/mol. The molecule has 4 rings (SSSR count). The van der Waals surface area contributed by atoms with E-state index in [9.17, 15) is 18.7 Å². The van der Waals surface area contributed by atoms with E-state index >= 15 is 0 Å². The zero-order valence-electron chi connectivity index (χ0n) is 16.2. The number of nitrogens with zero attached hydrogens (tertiary/aromatic N) is 2. The molecule has 154 valence electrons. The number of hydrogen-bond acceptors (Lipinski definition) is 4. The van der Waals surface area contributed by atoms with E-state index in [1.54, 1.807) is 18.5 Å². The standard InChI is InChI=1S/C23H21F2N3O2/c24-18-4-2-1-3-17(18)22-19(25)9-10-20(27-22)23(30)28-21-13-26-12-11-16(21)14-5-7-15(29)8-6-14/h1-4,9-15,29H,5-8H2,(H,28,30)/t14-,15+. The molecule has 7 heteroatoms. The average Bonchev–Trinajstić information content (AvgIpc) is 2.76. The number of aromatic nitrogens is 2. The minimum atomic E-state index is -0.709. The van der Waals surface area contributed by atoms with Crippen molar-refractivity contribution in [2.75, 3.05) is 5.32 Å². The molecule has 0 aliphatic heterocycles. The van der Waals surface area contributed by atoms with Crippen LogP contribution >= 0.6 is 0 Å². The molecule has 2 aromatic heterocycles. The number of carbonyl (C=O) groups is 1. The lowest BCUT2D eigenvalue weighted by Gasteiger charge is -2.27. The molecule has 0 atom stereocenters. The van der Waals surface area contributed by atoms with Gasteiger partial charge in [-0.2, -0.15) is 0 Å². The average molecular weight is 409 g/mol. The summed E-state index contributed by atoms with van der Waals surface area (Å²) in [6.45, 7) is 0. The van der Waals surface area contributed by atoms with Gasteiger partial charge in [0.2, 0.25) is 0 Å². The van der Waals surface area contributed by atoms with Crippen molar-refractivity contribution in [1.29, 1.82) is 0 Å². The maximum absolute atomic E-state index is 14.3. The molecule has 30 heavy (non-hydrogen) atoms. The van der Waals surface area contributed by atoms with Gasteiger partial charge in [0.05, 0.1) is 18.0 Å². The van der Waals surface area contributed by atoms with Gasteiger partial charge in [-0.15, -0.1) is 0 Å². The van der Waals surface area contributed by atoms with Gasteiger partial charge in [-0.1, -0.05) is 12.1 Å². The Balaban J connectivity index is 1.60. The number of halogens is 2. The van der Waals surface area contributed by atoms with Crippen molar-refractivity contribution in [3.63, 3.8) is 0 Å². The zero-order valence-corrected chi connectivity index (χ0v) is 16.2. The summed E-state index contributed by atoms with van der Waals surface area (Å²) in [4.78, 5) is 21.0. The van der Waals surface area contributed by atoms with E-state index < -0.39 is 17.5 Å². The highest BCUT2D eigenvalue weighted by Crippen LogP contribution is 2.36. The van der Waals surface area contributed by atoms with Crippen LogP contribution < -0.4 is 5.32 Å². The van der Waals surface area contributed by atoms with Crippen molar-refractivity contribution in [3.8, 4) is 11.3 Å². The molecule has 0 saturated heterocycles. The van der Waals surface area contributed by atoms with Crippen LogP contribution in [0.25, 0.3) is 11.3 Å². The molecule has 3 aromatic rings. The quantitative estimate of drug-likeness (QED) is 0.655. The second-order valence-electron chi connectivity index (χ2n) is 7.43. The van der Waals surface area contributed by atoms with Gasteiger partial charge >= 0.3 is 0 Å². The van der Waals surface area contributed by atoms with Gasteiger partial charge in [0, 0.05) is 11.8 Å². The van der Waals surface area contributed by atoms with Crippen LogP contribution in [0.15, 0.2) is 54.9 Å². The normalized spacial score (nSPS) is 18.8. The Labute approximate surface area is 172 Å². The van der Waals surface area contributed by atoms with Crippen molar-refractivity contribution < 1.29 is 18.7 Å². The largest absolute Gasteiger partial charge is 0.393 e. The number of nitrogens with one attached hydrogen (secondary N) is 1. The number of anilines is 1. The van der Waals surface area contributed by atoms with E-state index in [2.05, 4.69) is 15.3 Å². The molecule has 1 fully saturated rings. The van der Waals surface area contributed by atoms with E-state index in [1.807, 2.05) is 6.07 Å². The maximum Gasteiger partial charge on any atom is 0.274 e. The van der Waals surface area contributed by atoms with Gasteiger partial charge in [0.25, 0.3) is 5.91 Å². The first-order chi connectivity index (χ1) is 14.5. The van der Waals surface area contributed by atoms with E-state index in [1.165, 1.54) is 24.3 Å². The fourth-order valence-electron chi connectivity index (χ4n) is 3.85. The maximum atomic E-state index is 14.3. The first-order valence-corrected chi connectivity index (χ1v) is 9.87. The molecule has 0 bridgehead atoms. The minimum absolute atomic E-state index is 0.00696. The Morgan fingerprint density at radius 2 is 1.77 bits per heavy atom. The second-order valence-corrected chi connectivity index (χ2v) is 7.43. The van der Waals surface area contributed by atoms with Crippen LogP contribution in [0, 0.1) is 11.6 Å². The van der Waals surface area contributed by atoms with E-state index in [-0.39, 0.29) is 29.0 Å². The second kappa shape index (κ2) is 8.67. The summed E-state index contributed by atoms with van der Waals surface area (Å²) in [6, 6.07) is 9.95. The summed E-state index contributed by atoms with van der Waals surface area (Å²) < 4.78 is 28.4. The van der Waals surface area contributed by atoms with Crippen LogP contribution in [0.2, 0.25) is 0 Å². The molecule has 1 amide bonds. The summed E-state index contributed by atoms with van der Waals surface area (Å²) in [5.41, 5.74) is 1.26. The first kappa shape index (κ1) is 20.1. The molecular weight excluding hydrogens is 388 g/mol. The van der Waals surface area contributed by atoms with Crippen LogP contribution in [-0.4, -0.2) is 27.1 Å². The van der Waals surface area contributed by atoms with Crippen molar-refractivity contribution in [2.24, 2.45) is 0 Å². The van der Waals surface area contributed by atoms with E-state index in [4.69, 9.17) is 0 Å². The molecule has 1 aromatic carbocycles. The number of amides is 1. The zero-order chi connectivity index (χ0) is 21.1. The summed E-state index contributed by atoms with van der Waals surface area (Å²) in [7, 11) is 0. The Hall–Kier alpha value is -3.19. The number of benzene rings is 1. The van der Waals surface area contributed by atoms with Gasteiger partial charge in [-0.3, -0.25) is 9.78 Å². The van der Waals surface area contributed by atoms with Gasteiger partial charge in [0.15, 0.2) is 0 Å². The van der Waals surface area contributed by atoms with Crippen molar-refractivity contribution >= 4 is 11.6 Å². The molecular formula is C23H21F2N3O2. The summed E-state index contributed by atoms with van der Waals surface area (Å²) in [5.74, 6) is -1.64. The number of aliphatic hydroxyl groups excluding tert-OH is 1. The van der Waals surface area contributed by atoms with Crippen molar-refractivity contribution in [2.45, 2.75) is 37.7 Å². The Morgan fingerprint density at radius 3 is 2.53 bits per heavy atom. The molecule has 2 N–H and O–H groups in total. The lowest BCUT2D eigenvalue weighted by molar-refractivity contribution is 0.102. The number of carbonyl (C=O) groups excluding carboxylic acids is 1. The highest BCUT2D eigenvalue weighted by atomic mass is 19.1.